The monoisotopic (exact) mass is 445 g/mol. The Balaban J connectivity index is 1.77. The third kappa shape index (κ3) is 4.79. The predicted molar refractivity (Wildman–Crippen MR) is 129 cm³/mol. The van der Waals surface area contributed by atoms with Crippen molar-refractivity contribution < 1.29 is 4.79 Å². The number of aromatic amines is 1. The number of carbonyl (C=O) groups excluding carboxylic acids is 1. The second kappa shape index (κ2) is 9.68. The number of rotatable bonds is 8. The molecule has 33 heavy (non-hydrogen) atoms. The molecule has 0 saturated heterocycles. The number of aromatic nitrogens is 4. The Kier molecular flexibility index (Phi) is 6.53. The van der Waals surface area contributed by atoms with E-state index < -0.39 is 0 Å². The van der Waals surface area contributed by atoms with Gasteiger partial charge in [0.1, 0.15) is 11.3 Å². The molecule has 0 radical (unpaired) electrons. The number of benzene rings is 2. The Labute approximate surface area is 190 Å². The van der Waals surface area contributed by atoms with Crippen LogP contribution in [0.15, 0.2) is 64.2 Å². The van der Waals surface area contributed by atoms with Gasteiger partial charge in [0.2, 0.25) is 5.91 Å². The van der Waals surface area contributed by atoms with E-state index in [9.17, 15) is 14.4 Å². The van der Waals surface area contributed by atoms with Crippen LogP contribution in [-0.4, -0.2) is 25.0 Å². The van der Waals surface area contributed by atoms with E-state index in [-0.39, 0.29) is 17.2 Å². The first-order chi connectivity index (χ1) is 16.0. The second-order valence-corrected chi connectivity index (χ2v) is 8.02. The summed E-state index contributed by atoms with van der Waals surface area (Å²) in [6, 6.07) is 17.4. The highest BCUT2D eigenvalue weighted by Crippen LogP contribution is 2.19. The number of hydrogen-bond donors (Lipinski definition) is 2. The Hall–Kier alpha value is -3.94. The topological polar surface area (TPSA) is 102 Å². The molecule has 0 unspecified atom stereocenters. The van der Waals surface area contributed by atoms with Gasteiger partial charge in [-0.15, -0.1) is 0 Å². The zero-order valence-electron chi connectivity index (χ0n) is 18.8. The lowest BCUT2D eigenvalue weighted by Gasteiger charge is -2.10. The second-order valence-electron chi connectivity index (χ2n) is 8.02. The van der Waals surface area contributed by atoms with Gasteiger partial charge in [0.05, 0.1) is 0 Å². The SMILES string of the molecule is CCCn1c(=O)c2[nH]c(Cc3ccccc3NC(C)=O)nc2n(CCc2ccccc2)c1=O. The number of hydrogen-bond acceptors (Lipinski definition) is 4. The van der Waals surface area contributed by atoms with Gasteiger partial charge in [-0.25, -0.2) is 9.78 Å². The van der Waals surface area contributed by atoms with Crippen LogP contribution in [0.2, 0.25) is 0 Å². The summed E-state index contributed by atoms with van der Waals surface area (Å²) in [6.07, 6.45) is 1.70. The van der Waals surface area contributed by atoms with Crippen molar-refractivity contribution in [3.8, 4) is 0 Å². The number of H-pyrrole nitrogens is 1. The van der Waals surface area contributed by atoms with Crippen LogP contribution in [-0.2, 0) is 30.7 Å². The van der Waals surface area contributed by atoms with Gasteiger partial charge < -0.3 is 10.3 Å². The van der Waals surface area contributed by atoms with Crippen LogP contribution < -0.4 is 16.6 Å². The lowest BCUT2D eigenvalue weighted by molar-refractivity contribution is -0.114. The summed E-state index contributed by atoms with van der Waals surface area (Å²) in [5.74, 6) is 0.395. The number of anilines is 1. The number of fused-ring (bicyclic) bond motifs is 1. The van der Waals surface area contributed by atoms with Gasteiger partial charge in [-0.3, -0.25) is 18.7 Å². The van der Waals surface area contributed by atoms with Gasteiger partial charge >= 0.3 is 5.69 Å². The molecule has 2 aromatic heterocycles. The number of para-hydroxylation sites is 1. The number of nitrogens with one attached hydrogen (secondary N) is 2. The zero-order valence-corrected chi connectivity index (χ0v) is 18.8. The number of nitrogens with zero attached hydrogens (tertiary/aromatic N) is 3. The van der Waals surface area contributed by atoms with Gasteiger partial charge in [0.25, 0.3) is 5.56 Å². The number of aryl methyl sites for hydroxylation is 2. The average molecular weight is 446 g/mol. The fraction of sp³-hybridized carbons (Fsp3) is 0.280. The van der Waals surface area contributed by atoms with Gasteiger partial charge in [0.15, 0.2) is 5.65 Å². The van der Waals surface area contributed by atoms with E-state index in [0.29, 0.717) is 55.0 Å². The van der Waals surface area contributed by atoms with Crippen LogP contribution in [0.3, 0.4) is 0 Å². The molecule has 170 valence electrons. The van der Waals surface area contributed by atoms with E-state index in [1.807, 2.05) is 61.5 Å². The van der Waals surface area contributed by atoms with Crippen LogP contribution in [0.5, 0.6) is 0 Å². The predicted octanol–water partition coefficient (Wildman–Crippen LogP) is 3.09. The van der Waals surface area contributed by atoms with Gasteiger partial charge in [-0.2, -0.15) is 0 Å². The molecule has 0 aliphatic heterocycles. The molecule has 1 amide bonds. The summed E-state index contributed by atoms with van der Waals surface area (Å²) < 4.78 is 2.86. The molecular weight excluding hydrogens is 418 g/mol. The maximum absolute atomic E-state index is 13.2. The quantitative estimate of drug-likeness (QED) is 0.435. The molecule has 0 aliphatic carbocycles. The molecule has 0 atom stereocenters. The van der Waals surface area contributed by atoms with Crippen LogP contribution in [0, 0.1) is 0 Å². The normalized spacial score (nSPS) is 11.1. The summed E-state index contributed by atoms with van der Waals surface area (Å²) in [4.78, 5) is 45.6. The van der Waals surface area contributed by atoms with Gasteiger partial charge in [-0.1, -0.05) is 55.5 Å². The highest BCUT2D eigenvalue weighted by atomic mass is 16.2. The average Bonchev–Trinajstić information content (AvgIpc) is 3.22. The van der Waals surface area contributed by atoms with Gasteiger partial charge in [0, 0.05) is 32.1 Å². The van der Waals surface area contributed by atoms with Gasteiger partial charge in [-0.05, 0) is 30.0 Å². The molecule has 8 nitrogen and oxygen atoms in total. The maximum Gasteiger partial charge on any atom is 0.332 e. The van der Waals surface area contributed by atoms with Crippen LogP contribution in [0.1, 0.15) is 37.2 Å². The Bertz CT molecular complexity index is 1400. The fourth-order valence-electron chi connectivity index (χ4n) is 3.97. The minimum absolute atomic E-state index is 0.163. The van der Waals surface area contributed by atoms with Crippen molar-refractivity contribution in [2.24, 2.45) is 0 Å². The van der Waals surface area contributed by atoms with Crippen LogP contribution >= 0.6 is 0 Å². The van der Waals surface area contributed by atoms with E-state index >= 15 is 0 Å². The molecule has 2 heterocycles. The highest BCUT2D eigenvalue weighted by molar-refractivity contribution is 5.89. The maximum atomic E-state index is 13.2. The molecule has 4 aromatic rings. The zero-order chi connectivity index (χ0) is 23.4. The first-order valence-electron chi connectivity index (χ1n) is 11.1. The lowest BCUT2D eigenvalue weighted by Crippen LogP contribution is -2.40. The number of amides is 1. The molecule has 0 aliphatic rings. The summed E-state index contributed by atoms with van der Waals surface area (Å²) >= 11 is 0. The standard InChI is InChI=1S/C25H27N5O3/c1-3-14-30-24(32)22-23(29(25(30)33)15-13-18-9-5-4-6-10-18)28-21(27-22)16-19-11-7-8-12-20(19)26-17(2)31/h4-12H,3,13-16H2,1-2H3,(H,26,31)(H,27,28). The van der Waals surface area contributed by atoms with Crippen molar-refractivity contribution >= 4 is 22.8 Å². The third-order valence-electron chi connectivity index (χ3n) is 5.51. The Morgan fingerprint density at radius 3 is 2.45 bits per heavy atom. The minimum atomic E-state index is -0.360. The minimum Gasteiger partial charge on any atom is -0.336 e. The van der Waals surface area contributed by atoms with E-state index in [0.717, 1.165) is 11.1 Å². The first kappa shape index (κ1) is 22.3. The van der Waals surface area contributed by atoms with Crippen molar-refractivity contribution in [3.63, 3.8) is 0 Å². The lowest BCUT2D eigenvalue weighted by atomic mass is 10.1. The van der Waals surface area contributed by atoms with Crippen LogP contribution in [0.4, 0.5) is 5.69 Å². The smallest absolute Gasteiger partial charge is 0.332 e. The van der Waals surface area contributed by atoms with E-state index in [4.69, 9.17) is 0 Å². The molecule has 4 rings (SSSR count). The van der Waals surface area contributed by atoms with Crippen molar-refractivity contribution in [1.82, 2.24) is 19.1 Å². The summed E-state index contributed by atoms with van der Waals surface area (Å²) in [5.41, 5.74) is 2.63. The molecular formula is C25H27N5O3. The summed E-state index contributed by atoms with van der Waals surface area (Å²) in [7, 11) is 0. The van der Waals surface area contributed by atoms with Crippen molar-refractivity contribution in [2.45, 2.75) is 46.2 Å². The van der Waals surface area contributed by atoms with Crippen LogP contribution in [0.25, 0.3) is 11.2 Å². The third-order valence-corrected chi connectivity index (χ3v) is 5.51. The van der Waals surface area contributed by atoms with Crippen molar-refractivity contribution in [3.05, 3.63) is 92.4 Å². The van der Waals surface area contributed by atoms with E-state index in [2.05, 4.69) is 15.3 Å². The molecule has 0 bridgehead atoms. The largest absolute Gasteiger partial charge is 0.336 e. The van der Waals surface area contributed by atoms with E-state index in [1.54, 1.807) is 4.57 Å². The van der Waals surface area contributed by atoms with Crippen molar-refractivity contribution in [1.29, 1.82) is 0 Å². The van der Waals surface area contributed by atoms with Crippen molar-refractivity contribution in [2.75, 3.05) is 5.32 Å². The highest BCUT2D eigenvalue weighted by Gasteiger charge is 2.18. The molecule has 2 aromatic carbocycles. The molecule has 0 fully saturated rings. The van der Waals surface area contributed by atoms with E-state index in [1.165, 1.54) is 11.5 Å². The Morgan fingerprint density at radius 2 is 1.73 bits per heavy atom. The summed E-state index contributed by atoms with van der Waals surface area (Å²) in [6.45, 7) is 4.15. The molecule has 2 N–H and O–H groups in total. The summed E-state index contributed by atoms with van der Waals surface area (Å²) in [5, 5.41) is 2.82. The number of imidazole rings is 1. The molecule has 0 saturated carbocycles. The fourth-order valence-corrected chi connectivity index (χ4v) is 3.97. The Morgan fingerprint density at radius 1 is 1.00 bits per heavy atom. The molecule has 0 spiro atoms. The molecule has 8 heteroatoms. The number of carbonyl (C=O) groups is 1. The first-order valence-corrected chi connectivity index (χ1v) is 11.1.